The van der Waals surface area contributed by atoms with Gasteiger partial charge in [-0.3, -0.25) is 14.6 Å². The van der Waals surface area contributed by atoms with Crippen LogP contribution in [0.5, 0.6) is 5.75 Å². The number of ether oxygens (including phenoxy) is 1. The number of benzene rings is 2. The van der Waals surface area contributed by atoms with Crippen LogP contribution in [-0.4, -0.2) is 66.6 Å². The van der Waals surface area contributed by atoms with Crippen molar-refractivity contribution in [2.24, 2.45) is 0 Å². The zero-order valence-corrected chi connectivity index (χ0v) is 25.6. The number of likely N-dealkylation sites (tertiary alicyclic amines) is 1. The highest BCUT2D eigenvalue weighted by Gasteiger charge is 2.27. The number of piperidine rings is 1. The standard InChI is InChI=1S/C34H45N5O3/c1-24(2)37-33(40)28-8-13-32(25(3)21-28)34(41)36-18-14-26(4)38-19-15-30(16-20-38)39(23-27-7-6-17-35-22-27)29-9-11-31(42-5)12-10-29/h6-13,17,21-22,24,26,30H,14-16,18-20,23H2,1-5H3,(H,36,41)(H,37,40). The van der Waals surface area contributed by atoms with Crippen molar-refractivity contribution in [2.45, 2.75) is 71.6 Å². The van der Waals surface area contributed by atoms with Gasteiger partial charge in [-0.1, -0.05) is 6.07 Å². The molecule has 2 heterocycles. The van der Waals surface area contributed by atoms with E-state index in [1.54, 1.807) is 25.3 Å². The molecule has 8 heteroatoms. The lowest BCUT2D eigenvalue weighted by Crippen LogP contribution is -2.48. The Morgan fingerprint density at radius 3 is 2.40 bits per heavy atom. The summed E-state index contributed by atoms with van der Waals surface area (Å²) in [6.07, 6.45) is 6.77. The largest absolute Gasteiger partial charge is 0.497 e. The average Bonchev–Trinajstić information content (AvgIpc) is 3.00. The van der Waals surface area contributed by atoms with Gasteiger partial charge in [0.1, 0.15) is 5.75 Å². The number of pyridine rings is 1. The maximum atomic E-state index is 12.9. The Balaban J connectivity index is 1.29. The van der Waals surface area contributed by atoms with E-state index in [1.165, 1.54) is 11.3 Å². The highest BCUT2D eigenvalue weighted by molar-refractivity contribution is 5.99. The first-order valence-electron chi connectivity index (χ1n) is 15.0. The molecule has 224 valence electrons. The molecular formula is C34H45N5O3. The van der Waals surface area contributed by atoms with Gasteiger partial charge in [-0.2, -0.15) is 0 Å². The Hall–Kier alpha value is -3.91. The van der Waals surface area contributed by atoms with E-state index in [9.17, 15) is 9.59 Å². The minimum Gasteiger partial charge on any atom is -0.497 e. The molecule has 4 rings (SSSR count). The van der Waals surface area contributed by atoms with Crippen molar-refractivity contribution in [2.75, 3.05) is 31.6 Å². The number of methoxy groups -OCH3 is 1. The van der Waals surface area contributed by atoms with E-state index in [1.807, 2.05) is 51.4 Å². The Morgan fingerprint density at radius 2 is 1.79 bits per heavy atom. The number of nitrogens with zero attached hydrogens (tertiary/aromatic N) is 3. The molecule has 1 aromatic heterocycles. The molecule has 0 spiro atoms. The maximum Gasteiger partial charge on any atom is 0.251 e. The summed E-state index contributed by atoms with van der Waals surface area (Å²) in [4.78, 5) is 34.5. The molecule has 0 bridgehead atoms. The minimum atomic E-state index is -0.123. The van der Waals surface area contributed by atoms with Gasteiger partial charge in [-0.05, 0) is 107 Å². The second kappa shape index (κ2) is 14.8. The van der Waals surface area contributed by atoms with E-state index >= 15 is 0 Å². The highest BCUT2D eigenvalue weighted by Crippen LogP contribution is 2.28. The van der Waals surface area contributed by atoms with E-state index in [2.05, 4.69) is 50.5 Å². The van der Waals surface area contributed by atoms with Gasteiger partial charge < -0.3 is 25.2 Å². The van der Waals surface area contributed by atoms with Gasteiger partial charge in [-0.25, -0.2) is 0 Å². The van der Waals surface area contributed by atoms with E-state index in [-0.39, 0.29) is 17.9 Å². The molecular weight excluding hydrogens is 526 g/mol. The molecule has 42 heavy (non-hydrogen) atoms. The fourth-order valence-electron chi connectivity index (χ4n) is 5.61. The Kier molecular flexibility index (Phi) is 11.0. The molecule has 1 saturated heterocycles. The summed E-state index contributed by atoms with van der Waals surface area (Å²) in [6.45, 7) is 11.4. The number of aryl methyl sites for hydroxylation is 1. The number of aromatic nitrogens is 1. The molecule has 1 atom stereocenters. The van der Waals surface area contributed by atoms with Crippen LogP contribution in [0.15, 0.2) is 67.0 Å². The van der Waals surface area contributed by atoms with E-state index < -0.39 is 0 Å². The first kappa shape index (κ1) is 31.0. The van der Waals surface area contributed by atoms with Gasteiger partial charge in [0.25, 0.3) is 11.8 Å². The normalized spacial score (nSPS) is 14.8. The van der Waals surface area contributed by atoms with Crippen molar-refractivity contribution < 1.29 is 14.3 Å². The molecule has 0 radical (unpaired) electrons. The van der Waals surface area contributed by atoms with Gasteiger partial charge in [0.05, 0.1) is 7.11 Å². The molecule has 1 aliphatic heterocycles. The number of carbonyl (C=O) groups is 2. The Labute approximate surface area is 250 Å². The van der Waals surface area contributed by atoms with Crippen LogP contribution in [0.25, 0.3) is 0 Å². The van der Waals surface area contributed by atoms with Crippen LogP contribution >= 0.6 is 0 Å². The summed E-state index contributed by atoms with van der Waals surface area (Å²) in [5.41, 5.74) is 4.37. The third kappa shape index (κ3) is 8.32. The first-order valence-corrected chi connectivity index (χ1v) is 15.0. The summed E-state index contributed by atoms with van der Waals surface area (Å²) in [5.74, 6) is 0.638. The Bertz CT molecular complexity index is 1300. The fourth-order valence-corrected chi connectivity index (χ4v) is 5.61. The zero-order chi connectivity index (χ0) is 30.1. The monoisotopic (exact) mass is 571 g/mol. The third-order valence-electron chi connectivity index (χ3n) is 8.04. The van der Waals surface area contributed by atoms with Gasteiger partial charge in [0.2, 0.25) is 0 Å². The molecule has 2 aromatic carbocycles. The van der Waals surface area contributed by atoms with Crippen molar-refractivity contribution in [3.05, 3.63) is 89.2 Å². The quantitative estimate of drug-likeness (QED) is 0.310. The lowest BCUT2D eigenvalue weighted by molar-refractivity contribution is 0.0931. The number of hydrogen-bond acceptors (Lipinski definition) is 6. The molecule has 1 unspecified atom stereocenters. The molecule has 0 aliphatic carbocycles. The maximum absolute atomic E-state index is 12.9. The van der Waals surface area contributed by atoms with Crippen molar-refractivity contribution in [1.29, 1.82) is 0 Å². The van der Waals surface area contributed by atoms with Crippen LogP contribution in [0, 0.1) is 6.92 Å². The van der Waals surface area contributed by atoms with Crippen molar-refractivity contribution in [3.63, 3.8) is 0 Å². The third-order valence-corrected chi connectivity index (χ3v) is 8.04. The topological polar surface area (TPSA) is 86.8 Å². The van der Waals surface area contributed by atoms with Crippen molar-refractivity contribution in [3.8, 4) is 5.75 Å². The van der Waals surface area contributed by atoms with E-state index in [0.717, 1.165) is 50.2 Å². The molecule has 2 N–H and O–H groups in total. The summed E-state index contributed by atoms with van der Waals surface area (Å²) in [6, 6.07) is 18.6. The van der Waals surface area contributed by atoms with Crippen LogP contribution in [0.1, 0.15) is 71.9 Å². The summed E-state index contributed by atoms with van der Waals surface area (Å²) >= 11 is 0. The second-order valence-corrected chi connectivity index (χ2v) is 11.5. The zero-order valence-electron chi connectivity index (χ0n) is 25.6. The van der Waals surface area contributed by atoms with Crippen molar-refractivity contribution in [1.82, 2.24) is 20.5 Å². The van der Waals surface area contributed by atoms with E-state index in [0.29, 0.717) is 29.8 Å². The van der Waals surface area contributed by atoms with Gasteiger partial charge in [0, 0.05) is 73.5 Å². The number of amides is 2. The molecule has 1 aliphatic rings. The van der Waals surface area contributed by atoms with E-state index in [4.69, 9.17) is 4.74 Å². The van der Waals surface area contributed by atoms with Gasteiger partial charge >= 0.3 is 0 Å². The number of nitrogens with one attached hydrogen (secondary N) is 2. The van der Waals surface area contributed by atoms with Gasteiger partial charge in [0.15, 0.2) is 0 Å². The Morgan fingerprint density at radius 1 is 1.05 bits per heavy atom. The summed E-state index contributed by atoms with van der Waals surface area (Å²) in [5, 5.41) is 5.98. The average molecular weight is 572 g/mol. The van der Waals surface area contributed by atoms with Crippen LogP contribution < -0.4 is 20.3 Å². The predicted molar refractivity (Wildman–Crippen MR) is 168 cm³/mol. The summed E-state index contributed by atoms with van der Waals surface area (Å²) in [7, 11) is 1.69. The number of rotatable bonds is 12. The van der Waals surface area contributed by atoms with Crippen molar-refractivity contribution >= 4 is 17.5 Å². The van der Waals surface area contributed by atoms with Gasteiger partial charge in [-0.15, -0.1) is 0 Å². The lowest BCUT2D eigenvalue weighted by Gasteiger charge is -2.42. The van der Waals surface area contributed by atoms with Crippen LogP contribution in [0.3, 0.4) is 0 Å². The molecule has 2 amide bonds. The molecule has 0 saturated carbocycles. The highest BCUT2D eigenvalue weighted by atomic mass is 16.5. The minimum absolute atomic E-state index is 0.0628. The lowest BCUT2D eigenvalue weighted by atomic mass is 9.99. The second-order valence-electron chi connectivity index (χ2n) is 11.5. The van der Waals surface area contributed by atoms with Crippen LogP contribution in [0.2, 0.25) is 0 Å². The van der Waals surface area contributed by atoms with Crippen LogP contribution in [0.4, 0.5) is 5.69 Å². The first-order chi connectivity index (χ1) is 20.2. The predicted octanol–water partition coefficient (Wildman–Crippen LogP) is 5.22. The number of carbonyl (C=O) groups excluding carboxylic acids is 2. The molecule has 3 aromatic rings. The smallest absolute Gasteiger partial charge is 0.251 e. The molecule has 1 fully saturated rings. The molecule has 8 nitrogen and oxygen atoms in total. The fraction of sp³-hybridized carbons (Fsp3) is 0.441. The summed E-state index contributed by atoms with van der Waals surface area (Å²) < 4.78 is 5.38. The number of hydrogen-bond donors (Lipinski definition) is 2. The van der Waals surface area contributed by atoms with Crippen LogP contribution in [-0.2, 0) is 6.54 Å². The number of anilines is 1. The SMILES string of the molecule is COc1ccc(N(Cc2cccnc2)C2CCN(C(C)CCNC(=O)c3ccc(C(=O)NC(C)C)cc3C)CC2)cc1.